The third-order valence-electron chi connectivity index (χ3n) is 3.72. The van der Waals surface area contributed by atoms with E-state index in [0.29, 0.717) is 19.1 Å². The molecule has 112 valence electrons. The number of hydrogen-bond donors (Lipinski definition) is 2. The first-order valence-corrected chi connectivity index (χ1v) is 8.50. The first-order valence-electron chi connectivity index (χ1n) is 6.79. The standard InChI is InChI=1S/C12H25N3O3S/c1-10(2)19(17,18)8-7-15(9-12(13)14-16)11-5-3-4-6-11/h10-11,16H,3-9H2,1-2H3,(H2,13,14). The quantitative estimate of drug-likeness (QED) is 0.313. The average molecular weight is 291 g/mol. The molecule has 3 N–H and O–H groups in total. The molecule has 0 radical (unpaired) electrons. The molecule has 0 aromatic carbocycles. The number of oxime groups is 1. The Hall–Kier alpha value is -0.820. The highest BCUT2D eigenvalue weighted by molar-refractivity contribution is 7.92. The number of sulfone groups is 1. The molecule has 7 heteroatoms. The van der Waals surface area contributed by atoms with Crippen molar-refractivity contribution in [3.05, 3.63) is 0 Å². The van der Waals surface area contributed by atoms with Crippen LogP contribution < -0.4 is 5.73 Å². The van der Waals surface area contributed by atoms with Crippen LogP contribution in [0.2, 0.25) is 0 Å². The molecule has 19 heavy (non-hydrogen) atoms. The predicted molar refractivity (Wildman–Crippen MR) is 76.2 cm³/mol. The van der Waals surface area contributed by atoms with Crippen LogP contribution in [0.5, 0.6) is 0 Å². The Morgan fingerprint density at radius 1 is 1.42 bits per heavy atom. The predicted octanol–water partition coefficient (Wildman–Crippen LogP) is 0.801. The lowest BCUT2D eigenvalue weighted by Crippen LogP contribution is -2.43. The maximum Gasteiger partial charge on any atom is 0.153 e. The lowest BCUT2D eigenvalue weighted by atomic mass is 10.2. The van der Waals surface area contributed by atoms with Gasteiger partial charge in [-0.05, 0) is 26.7 Å². The number of nitrogens with zero attached hydrogens (tertiary/aromatic N) is 2. The van der Waals surface area contributed by atoms with Gasteiger partial charge in [-0.2, -0.15) is 0 Å². The normalized spacial score (nSPS) is 18.6. The van der Waals surface area contributed by atoms with Crippen LogP contribution in [0.4, 0.5) is 0 Å². The van der Waals surface area contributed by atoms with Crippen LogP contribution in [-0.4, -0.2) is 54.5 Å². The molecule has 0 aliphatic heterocycles. The average Bonchev–Trinajstić information content (AvgIpc) is 2.87. The molecule has 1 aliphatic carbocycles. The first kappa shape index (κ1) is 16.2. The van der Waals surface area contributed by atoms with Gasteiger partial charge in [-0.15, -0.1) is 0 Å². The summed E-state index contributed by atoms with van der Waals surface area (Å²) in [7, 11) is -3.05. The van der Waals surface area contributed by atoms with E-state index >= 15 is 0 Å². The van der Waals surface area contributed by atoms with Crippen molar-refractivity contribution in [2.75, 3.05) is 18.8 Å². The second-order valence-electron chi connectivity index (χ2n) is 5.42. The summed E-state index contributed by atoms with van der Waals surface area (Å²) in [6.07, 6.45) is 4.43. The van der Waals surface area contributed by atoms with E-state index < -0.39 is 9.84 Å². The molecule has 1 aliphatic rings. The molecule has 1 saturated carbocycles. The smallest absolute Gasteiger partial charge is 0.153 e. The lowest BCUT2D eigenvalue weighted by molar-refractivity contribution is 0.234. The SMILES string of the molecule is CC(C)S(=O)(=O)CCN(CC(N)=NO)C1CCCC1. The molecular formula is C12H25N3O3S. The summed E-state index contributed by atoms with van der Waals surface area (Å²) in [6.45, 7) is 4.16. The minimum absolute atomic E-state index is 0.125. The van der Waals surface area contributed by atoms with Gasteiger partial charge < -0.3 is 10.9 Å². The fraction of sp³-hybridized carbons (Fsp3) is 0.917. The highest BCUT2D eigenvalue weighted by Gasteiger charge is 2.25. The Kier molecular flexibility index (Phi) is 6.06. The second-order valence-corrected chi connectivity index (χ2v) is 8.09. The molecule has 0 amide bonds. The summed E-state index contributed by atoms with van der Waals surface area (Å²) in [4.78, 5) is 2.03. The lowest BCUT2D eigenvalue weighted by Gasteiger charge is -2.28. The van der Waals surface area contributed by atoms with E-state index in [2.05, 4.69) is 5.16 Å². The Labute approximate surface area is 115 Å². The molecule has 0 aromatic rings. The number of rotatable bonds is 7. The van der Waals surface area contributed by atoms with Gasteiger partial charge in [0.25, 0.3) is 0 Å². The molecule has 0 bridgehead atoms. The summed E-state index contributed by atoms with van der Waals surface area (Å²) in [5, 5.41) is 11.3. The van der Waals surface area contributed by atoms with E-state index in [1.54, 1.807) is 13.8 Å². The van der Waals surface area contributed by atoms with E-state index in [1.807, 2.05) is 4.90 Å². The van der Waals surface area contributed by atoms with Gasteiger partial charge in [0.2, 0.25) is 0 Å². The zero-order valence-electron chi connectivity index (χ0n) is 11.7. The molecule has 1 rings (SSSR count). The summed E-state index contributed by atoms with van der Waals surface area (Å²) < 4.78 is 23.7. The van der Waals surface area contributed by atoms with E-state index in [1.165, 1.54) is 0 Å². The maximum atomic E-state index is 11.9. The number of nitrogens with two attached hydrogens (primary N) is 1. The molecule has 0 aromatic heterocycles. The fourth-order valence-corrected chi connectivity index (χ4v) is 3.34. The van der Waals surface area contributed by atoms with Crippen LogP contribution in [0.1, 0.15) is 39.5 Å². The van der Waals surface area contributed by atoms with Crippen molar-refractivity contribution in [1.82, 2.24) is 4.90 Å². The Bertz CT molecular complexity index is 400. The Balaban J connectivity index is 2.64. The third kappa shape index (κ3) is 4.99. The molecule has 1 fully saturated rings. The summed E-state index contributed by atoms with van der Waals surface area (Å²) in [6, 6.07) is 0.350. The second kappa shape index (κ2) is 7.09. The van der Waals surface area contributed by atoms with Gasteiger partial charge in [0.15, 0.2) is 15.7 Å². The number of hydrogen-bond acceptors (Lipinski definition) is 5. The molecule has 0 spiro atoms. The third-order valence-corrected chi connectivity index (χ3v) is 5.90. The highest BCUT2D eigenvalue weighted by Crippen LogP contribution is 2.23. The van der Waals surface area contributed by atoms with Gasteiger partial charge >= 0.3 is 0 Å². The fourth-order valence-electron chi connectivity index (χ4n) is 2.38. The van der Waals surface area contributed by atoms with E-state index in [0.717, 1.165) is 25.7 Å². The molecule has 0 atom stereocenters. The zero-order valence-corrected chi connectivity index (χ0v) is 12.6. The Morgan fingerprint density at radius 3 is 2.47 bits per heavy atom. The van der Waals surface area contributed by atoms with E-state index in [-0.39, 0.29) is 16.8 Å². The first-order chi connectivity index (χ1) is 8.86. The summed E-state index contributed by atoms with van der Waals surface area (Å²) in [5.74, 6) is 0.258. The molecule has 0 heterocycles. The largest absolute Gasteiger partial charge is 0.409 e. The van der Waals surface area contributed by atoms with E-state index in [4.69, 9.17) is 10.9 Å². The Morgan fingerprint density at radius 2 is 2.00 bits per heavy atom. The van der Waals surface area contributed by atoms with Gasteiger partial charge in [-0.1, -0.05) is 18.0 Å². The molecule has 0 unspecified atom stereocenters. The molecular weight excluding hydrogens is 266 g/mol. The summed E-state index contributed by atoms with van der Waals surface area (Å²) in [5.41, 5.74) is 5.55. The van der Waals surface area contributed by atoms with Crippen molar-refractivity contribution < 1.29 is 13.6 Å². The van der Waals surface area contributed by atoms with E-state index in [9.17, 15) is 8.42 Å². The van der Waals surface area contributed by atoms with Crippen molar-refractivity contribution in [2.45, 2.75) is 50.8 Å². The van der Waals surface area contributed by atoms with Crippen LogP contribution in [0.15, 0.2) is 5.16 Å². The van der Waals surface area contributed by atoms with Crippen LogP contribution >= 0.6 is 0 Å². The van der Waals surface area contributed by atoms with Crippen molar-refractivity contribution in [3.8, 4) is 0 Å². The molecule has 0 saturated heterocycles. The van der Waals surface area contributed by atoms with Crippen molar-refractivity contribution in [1.29, 1.82) is 0 Å². The minimum atomic E-state index is -3.05. The van der Waals surface area contributed by atoms with Crippen LogP contribution in [-0.2, 0) is 9.84 Å². The number of amidine groups is 1. The van der Waals surface area contributed by atoms with Gasteiger partial charge in [-0.3, -0.25) is 4.90 Å². The van der Waals surface area contributed by atoms with Gasteiger partial charge in [0.1, 0.15) is 0 Å². The van der Waals surface area contributed by atoms with Gasteiger partial charge in [0.05, 0.1) is 17.5 Å². The maximum absolute atomic E-state index is 11.9. The van der Waals surface area contributed by atoms with Crippen molar-refractivity contribution in [3.63, 3.8) is 0 Å². The van der Waals surface area contributed by atoms with Crippen molar-refractivity contribution >= 4 is 15.7 Å². The zero-order chi connectivity index (χ0) is 14.5. The molecule has 6 nitrogen and oxygen atoms in total. The van der Waals surface area contributed by atoms with Crippen molar-refractivity contribution in [2.24, 2.45) is 10.9 Å². The van der Waals surface area contributed by atoms with Gasteiger partial charge in [-0.25, -0.2) is 8.42 Å². The van der Waals surface area contributed by atoms with Crippen LogP contribution in [0.3, 0.4) is 0 Å². The van der Waals surface area contributed by atoms with Gasteiger partial charge in [0, 0.05) is 12.6 Å². The summed E-state index contributed by atoms with van der Waals surface area (Å²) >= 11 is 0. The highest BCUT2D eigenvalue weighted by atomic mass is 32.2. The monoisotopic (exact) mass is 291 g/mol. The van der Waals surface area contributed by atoms with Crippen LogP contribution in [0.25, 0.3) is 0 Å². The topological polar surface area (TPSA) is 96.0 Å². The van der Waals surface area contributed by atoms with Crippen LogP contribution in [0, 0.1) is 0 Å². The minimum Gasteiger partial charge on any atom is -0.409 e.